The highest BCUT2D eigenvalue weighted by Crippen LogP contribution is 2.06. The molecule has 0 saturated heterocycles. The van der Waals surface area contributed by atoms with Gasteiger partial charge in [0, 0.05) is 19.7 Å². The maximum absolute atomic E-state index is 11.7. The zero-order valence-corrected chi connectivity index (χ0v) is 10.7. The molecule has 0 radical (unpaired) electrons. The molecule has 0 saturated carbocycles. The topological polar surface area (TPSA) is 84.7 Å². The largest absolute Gasteiger partial charge is 0.375 e. The molecular formula is C11H17N3O4. The molecule has 7 heteroatoms. The molecule has 7 nitrogen and oxygen atoms in total. The molecule has 0 unspecified atom stereocenters. The number of methoxy groups -OCH3 is 1. The lowest BCUT2D eigenvalue weighted by Crippen LogP contribution is -2.39. The van der Waals surface area contributed by atoms with Crippen molar-refractivity contribution in [3.8, 4) is 0 Å². The minimum Gasteiger partial charge on any atom is -0.375 e. The van der Waals surface area contributed by atoms with Crippen LogP contribution in [0.4, 0.5) is 5.82 Å². The average molecular weight is 255 g/mol. The summed E-state index contributed by atoms with van der Waals surface area (Å²) in [6, 6.07) is 1.60. The van der Waals surface area contributed by atoms with Gasteiger partial charge in [0.05, 0.1) is 6.54 Å². The van der Waals surface area contributed by atoms with Crippen LogP contribution in [0.2, 0.25) is 0 Å². The SMILES string of the molecule is CCN(CC(=O)Nc1cc(C)on1)C(=O)COC. The lowest BCUT2D eigenvalue weighted by Gasteiger charge is -2.19. The summed E-state index contributed by atoms with van der Waals surface area (Å²) in [7, 11) is 1.43. The third-order valence-corrected chi connectivity index (χ3v) is 2.23. The van der Waals surface area contributed by atoms with E-state index in [-0.39, 0.29) is 25.0 Å². The summed E-state index contributed by atoms with van der Waals surface area (Å²) in [6.07, 6.45) is 0. The minimum absolute atomic E-state index is 0.0371. The molecule has 1 aromatic rings. The van der Waals surface area contributed by atoms with E-state index in [1.165, 1.54) is 12.0 Å². The smallest absolute Gasteiger partial charge is 0.249 e. The second-order valence-corrected chi connectivity index (χ2v) is 3.71. The molecule has 0 aromatic carbocycles. The number of nitrogens with one attached hydrogen (secondary N) is 1. The summed E-state index contributed by atoms with van der Waals surface area (Å²) in [4.78, 5) is 24.6. The molecule has 0 aliphatic rings. The van der Waals surface area contributed by atoms with Crippen LogP contribution in [0.15, 0.2) is 10.6 Å². The highest BCUT2D eigenvalue weighted by molar-refractivity contribution is 5.93. The first kappa shape index (κ1) is 14.2. The van der Waals surface area contributed by atoms with E-state index in [1.807, 2.05) is 0 Å². The van der Waals surface area contributed by atoms with Gasteiger partial charge in [-0.15, -0.1) is 0 Å². The van der Waals surface area contributed by atoms with Gasteiger partial charge in [0.2, 0.25) is 11.8 Å². The molecule has 0 atom stereocenters. The number of anilines is 1. The zero-order chi connectivity index (χ0) is 13.5. The Morgan fingerprint density at radius 2 is 2.28 bits per heavy atom. The summed E-state index contributed by atoms with van der Waals surface area (Å²) < 4.78 is 9.56. The Balaban J connectivity index is 2.49. The van der Waals surface area contributed by atoms with Gasteiger partial charge < -0.3 is 19.5 Å². The number of nitrogens with zero attached hydrogens (tertiary/aromatic N) is 2. The molecular weight excluding hydrogens is 238 g/mol. The van der Waals surface area contributed by atoms with Crippen molar-refractivity contribution in [2.45, 2.75) is 13.8 Å². The third kappa shape index (κ3) is 4.17. The summed E-state index contributed by atoms with van der Waals surface area (Å²) >= 11 is 0. The fourth-order valence-corrected chi connectivity index (χ4v) is 1.37. The number of rotatable bonds is 6. The van der Waals surface area contributed by atoms with Crippen molar-refractivity contribution in [2.75, 3.05) is 32.1 Å². The zero-order valence-electron chi connectivity index (χ0n) is 10.7. The van der Waals surface area contributed by atoms with Crippen LogP contribution in [0.25, 0.3) is 0 Å². The van der Waals surface area contributed by atoms with Crippen LogP contribution in [0, 0.1) is 6.92 Å². The van der Waals surface area contributed by atoms with Crippen LogP contribution in [0.5, 0.6) is 0 Å². The Labute approximate surface area is 105 Å². The summed E-state index contributed by atoms with van der Waals surface area (Å²) in [5.74, 6) is 0.391. The Morgan fingerprint density at radius 3 is 2.78 bits per heavy atom. The van der Waals surface area contributed by atoms with E-state index in [2.05, 4.69) is 10.5 Å². The first-order chi connectivity index (χ1) is 8.56. The number of hydrogen-bond donors (Lipinski definition) is 1. The van der Waals surface area contributed by atoms with Crippen molar-refractivity contribution in [1.29, 1.82) is 0 Å². The maximum atomic E-state index is 11.7. The van der Waals surface area contributed by atoms with Crippen molar-refractivity contribution in [3.05, 3.63) is 11.8 Å². The van der Waals surface area contributed by atoms with Crippen LogP contribution >= 0.6 is 0 Å². The Morgan fingerprint density at radius 1 is 1.56 bits per heavy atom. The third-order valence-electron chi connectivity index (χ3n) is 2.23. The van der Waals surface area contributed by atoms with Gasteiger partial charge >= 0.3 is 0 Å². The number of carbonyl (C=O) groups excluding carboxylic acids is 2. The molecule has 18 heavy (non-hydrogen) atoms. The van der Waals surface area contributed by atoms with Crippen molar-refractivity contribution in [2.24, 2.45) is 0 Å². The molecule has 2 amide bonds. The van der Waals surface area contributed by atoms with Gasteiger partial charge in [-0.3, -0.25) is 9.59 Å². The van der Waals surface area contributed by atoms with Gasteiger partial charge in [-0.2, -0.15) is 0 Å². The van der Waals surface area contributed by atoms with Crippen LogP contribution in [-0.2, 0) is 14.3 Å². The number of aromatic nitrogens is 1. The first-order valence-corrected chi connectivity index (χ1v) is 5.56. The Hall–Kier alpha value is -1.89. The molecule has 0 fully saturated rings. The van der Waals surface area contributed by atoms with Gasteiger partial charge in [-0.1, -0.05) is 5.16 Å². The monoisotopic (exact) mass is 255 g/mol. The van der Waals surface area contributed by atoms with Gasteiger partial charge in [0.1, 0.15) is 12.4 Å². The number of aryl methyl sites for hydroxylation is 1. The van der Waals surface area contributed by atoms with Gasteiger partial charge in [-0.25, -0.2) is 0 Å². The number of ether oxygens (including phenoxy) is 1. The lowest BCUT2D eigenvalue weighted by molar-refractivity contribution is -0.137. The molecule has 0 bridgehead atoms. The predicted octanol–water partition coefficient (Wildman–Crippen LogP) is 0.416. The van der Waals surface area contributed by atoms with E-state index < -0.39 is 0 Å². The maximum Gasteiger partial charge on any atom is 0.249 e. The van der Waals surface area contributed by atoms with Crippen LogP contribution in [0.3, 0.4) is 0 Å². The summed E-state index contributed by atoms with van der Waals surface area (Å²) in [5, 5.41) is 6.18. The molecule has 1 N–H and O–H groups in total. The molecule has 1 aromatic heterocycles. The molecule has 0 aliphatic carbocycles. The van der Waals surface area contributed by atoms with Gasteiger partial charge in [-0.05, 0) is 13.8 Å². The Kier molecular flexibility index (Phi) is 5.31. The van der Waals surface area contributed by atoms with Crippen molar-refractivity contribution in [1.82, 2.24) is 10.1 Å². The highest BCUT2D eigenvalue weighted by Gasteiger charge is 2.16. The Bertz CT molecular complexity index is 416. The average Bonchev–Trinajstić information content (AvgIpc) is 2.71. The number of amides is 2. The van der Waals surface area contributed by atoms with Gasteiger partial charge in [0.15, 0.2) is 5.82 Å². The fourth-order valence-electron chi connectivity index (χ4n) is 1.37. The molecule has 0 aliphatic heterocycles. The summed E-state index contributed by atoms with van der Waals surface area (Å²) in [6.45, 7) is 3.88. The molecule has 1 rings (SSSR count). The quantitative estimate of drug-likeness (QED) is 0.796. The van der Waals surface area contributed by atoms with Crippen molar-refractivity contribution >= 4 is 17.6 Å². The van der Waals surface area contributed by atoms with E-state index in [0.717, 1.165) is 0 Å². The highest BCUT2D eigenvalue weighted by atomic mass is 16.5. The van der Waals surface area contributed by atoms with E-state index in [9.17, 15) is 9.59 Å². The first-order valence-electron chi connectivity index (χ1n) is 5.56. The normalized spacial score (nSPS) is 10.2. The van der Waals surface area contributed by atoms with E-state index in [1.54, 1.807) is 19.9 Å². The summed E-state index contributed by atoms with van der Waals surface area (Å²) in [5.41, 5.74) is 0. The number of likely N-dealkylation sites (N-methyl/N-ethyl adjacent to an activating group) is 1. The van der Waals surface area contributed by atoms with E-state index in [4.69, 9.17) is 9.26 Å². The predicted molar refractivity (Wildman–Crippen MR) is 64.0 cm³/mol. The minimum atomic E-state index is -0.324. The fraction of sp³-hybridized carbons (Fsp3) is 0.545. The number of hydrogen-bond acceptors (Lipinski definition) is 5. The van der Waals surface area contributed by atoms with Crippen molar-refractivity contribution < 1.29 is 18.8 Å². The van der Waals surface area contributed by atoms with E-state index >= 15 is 0 Å². The van der Waals surface area contributed by atoms with Crippen LogP contribution < -0.4 is 5.32 Å². The standard InChI is InChI=1S/C11H17N3O4/c1-4-14(11(16)7-17-3)6-10(15)12-9-5-8(2)18-13-9/h5H,4,6-7H2,1-3H3,(H,12,13,15). The lowest BCUT2D eigenvalue weighted by atomic mass is 10.4. The van der Waals surface area contributed by atoms with Crippen LogP contribution in [0.1, 0.15) is 12.7 Å². The van der Waals surface area contributed by atoms with E-state index in [0.29, 0.717) is 18.1 Å². The molecule has 1 heterocycles. The molecule has 0 spiro atoms. The molecule has 100 valence electrons. The van der Waals surface area contributed by atoms with Crippen molar-refractivity contribution in [3.63, 3.8) is 0 Å². The van der Waals surface area contributed by atoms with Gasteiger partial charge in [0.25, 0.3) is 0 Å². The van der Waals surface area contributed by atoms with Crippen LogP contribution in [-0.4, -0.2) is 48.7 Å². The number of carbonyl (C=O) groups is 2. The second-order valence-electron chi connectivity index (χ2n) is 3.71. The second kappa shape index (κ2) is 6.75.